The summed E-state index contributed by atoms with van der Waals surface area (Å²) in [5, 5.41) is 14.9. The Balaban J connectivity index is 0.000000775. The number of nitrogens with zero attached hydrogens (tertiary/aromatic N) is 4. The summed E-state index contributed by atoms with van der Waals surface area (Å²) in [6, 6.07) is 27.6. The molecule has 0 bridgehead atoms. The number of piperidine rings is 1. The van der Waals surface area contributed by atoms with E-state index >= 15 is 0 Å². The summed E-state index contributed by atoms with van der Waals surface area (Å²) in [7, 11) is 0. The molecule has 0 radical (unpaired) electrons. The van der Waals surface area contributed by atoms with Gasteiger partial charge < -0.3 is 15.4 Å². The maximum absolute atomic E-state index is 12.2. The van der Waals surface area contributed by atoms with Crippen LogP contribution in [-0.2, 0) is 17.8 Å². The van der Waals surface area contributed by atoms with Gasteiger partial charge in [0, 0.05) is 46.2 Å². The summed E-state index contributed by atoms with van der Waals surface area (Å²) in [5.74, 6) is 0.195. The summed E-state index contributed by atoms with van der Waals surface area (Å²) >= 11 is 6.58. The van der Waals surface area contributed by atoms with Crippen molar-refractivity contribution in [3.63, 3.8) is 0 Å². The lowest BCUT2D eigenvalue weighted by Crippen LogP contribution is -2.45. The Kier molecular flexibility index (Phi) is 10.3. The van der Waals surface area contributed by atoms with E-state index in [1.807, 2.05) is 93.6 Å². The highest BCUT2D eigenvalue weighted by molar-refractivity contribution is 6.33. The lowest BCUT2D eigenvalue weighted by molar-refractivity contribution is -0.152. The van der Waals surface area contributed by atoms with Crippen LogP contribution in [0, 0.1) is 5.41 Å². The van der Waals surface area contributed by atoms with Crippen molar-refractivity contribution in [2.75, 3.05) is 13.1 Å². The van der Waals surface area contributed by atoms with E-state index in [1.165, 1.54) is 0 Å². The molecule has 3 aromatic carbocycles. The quantitative estimate of drug-likeness (QED) is 0.177. The van der Waals surface area contributed by atoms with Crippen LogP contribution in [0.5, 0.6) is 0 Å². The van der Waals surface area contributed by atoms with E-state index in [0.717, 1.165) is 53.0 Å². The third-order valence-electron chi connectivity index (χ3n) is 7.88. The molecule has 238 valence electrons. The Labute approximate surface area is 275 Å². The molecule has 0 amide bonds. The van der Waals surface area contributed by atoms with Gasteiger partial charge in [0.25, 0.3) is 5.89 Å². The highest BCUT2D eigenvalue weighted by atomic mass is 35.5. The lowest BCUT2D eigenvalue weighted by atomic mass is 9.74. The summed E-state index contributed by atoms with van der Waals surface area (Å²) in [6.07, 6.45) is 5.20. The predicted octanol–water partition coefficient (Wildman–Crippen LogP) is 7.77. The zero-order valence-corrected chi connectivity index (χ0v) is 27.2. The fourth-order valence-corrected chi connectivity index (χ4v) is 5.76. The first-order chi connectivity index (χ1) is 22.0. The number of hydrogen-bond donors (Lipinski definition) is 2. The molecule has 3 heterocycles. The Morgan fingerprint density at radius 2 is 1.61 bits per heavy atom. The van der Waals surface area contributed by atoms with E-state index in [4.69, 9.17) is 21.9 Å². The number of halogens is 1. The molecule has 1 aliphatic heterocycles. The van der Waals surface area contributed by atoms with Crippen LogP contribution in [0.25, 0.3) is 34.0 Å². The van der Waals surface area contributed by atoms with Crippen molar-refractivity contribution in [3.05, 3.63) is 113 Å². The van der Waals surface area contributed by atoms with Gasteiger partial charge in [0.1, 0.15) is 0 Å². The molecule has 0 saturated carbocycles. The maximum Gasteiger partial charge on any atom is 0.310 e. The molecule has 5 aromatic rings. The normalized spacial score (nSPS) is 14.7. The smallest absolute Gasteiger partial charge is 0.310 e. The first kappa shape index (κ1) is 33.0. The first-order valence-corrected chi connectivity index (χ1v) is 15.8. The zero-order chi connectivity index (χ0) is 32.7. The van der Waals surface area contributed by atoms with Crippen molar-refractivity contribution >= 4 is 17.6 Å². The molecule has 9 heteroatoms. The van der Waals surface area contributed by atoms with Crippen LogP contribution in [-0.4, -0.2) is 49.7 Å². The van der Waals surface area contributed by atoms with Crippen LogP contribution in [0.2, 0.25) is 5.02 Å². The van der Waals surface area contributed by atoms with E-state index in [9.17, 15) is 9.90 Å². The van der Waals surface area contributed by atoms with Gasteiger partial charge in [-0.2, -0.15) is 4.98 Å². The molecule has 6 rings (SSSR count). The summed E-state index contributed by atoms with van der Waals surface area (Å²) in [4.78, 5) is 23.3. The highest BCUT2D eigenvalue weighted by Crippen LogP contribution is 2.36. The monoisotopic (exact) mass is 637 g/mol. The Morgan fingerprint density at radius 1 is 0.935 bits per heavy atom. The van der Waals surface area contributed by atoms with Crippen LogP contribution in [0.1, 0.15) is 44.7 Å². The SMILES string of the molecule is CC(C)(C)N.O=C(O)C1(Cc2cccnc2)CCN(Cc2ccc(-c3noc(-c4ccc(-c5ccccc5)c(Cl)c4)n3)cc2)CC1. The molecular weight excluding hydrogens is 598 g/mol. The second kappa shape index (κ2) is 14.4. The third-order valence-corrected chi connectivity index (χ3v) is 8.19. The number of carboxylic acids is 1. The molecule has 0 aliphatic carbocycles. The van der Waals surface area contributed by atoms with Crippen molar-refractivity contribution in [1.29, 1.82) is 0 Å². The number of carbonyl (C=O) groups is 1. The summed E-state index contributed by atoms with van der Waals surface area (Å²) < 4.78 is 5.56. The minimum absolute atomic E-state index is 0. The number of pyridine rings is 1. The lowest BCUT2D eigenvalue weighted by Gasteiger charge is -2.39. The number of aliphatic carboxylic acids is 1. The molecule has 0 spiro atoms. The van der Waals surface area contributed by atoms with Gasteiger partial charge in [0.15, 0.2) is 0 Å². The van der Waals surface area contributed by atoms with Gasteiger partial charge in [-0.15, -0.1) is 0 Å². The predicted molar refractivity (Wildman–Crippen MR) is 182 cm³/mol. The zero-order valence-electron chi connectivity index (χ0n) is 26.5. The minimum atomic E-state index is -0.744. The topological polar surface area (TPSA) is 118 Å². The van der Waals surface area contributed by atoms with Gasteiger partial charge >= 0.3 is 5.97 Å². The molecule has 1 aliphatic rings. The van der Waals surface area contributed by atoms with Crippen LogP contribution in [0.4, 0.5) is 0 Å². The first-order valence-electron chi connectivity index (χ1n) is 15.4. The van der Waals surface area contributed by atoms with Crippen molar-refractivity contribution in [3.8, 4) is 34.0 Å². The number of benzene rings is 3. The van der Waals surface area contributed by atoms with Gasteiger partial charge in [0.2, 0.25) is 5.82 Å². The number of likely N-dealkylation sites (tertiary alicyclic amines) is 1. The van der Waals surface area contributed by atoms with Crippen molar-refractivity contribution in [1.82, 2.24) is 20.0 Å². The van der Waals surface area contributed by atoms with Crippen LogP contribution >= 0.6 is 11.6 Å². The molecular formula is C37H40ClN5O3. The van der Waals surface area contributed by atoms with Crippen LogP contribution in [0.3, 0.4) is 0 Å². The Hall–Kier alpha value is -4.37. The second-order valence-electron chi connectivity index (χ2n) is 12.9. The second-order valence-corrected chi connectivity index (χ2v) is 13.4. The highest BCUT2D eigenvalue weighted by Gasteiger charge is 2.41. The molecule has 0 atom stereocenters. The number of carboxylic acid groups (broad SMARTS) is 1. The largest absolute Gasteiger partial charge is 0.481 e. The van der Waals surface area contributed by atoms with Crippen LogP contribution < -0.4 is 5.73 Å². The van der Waals surface area contributed by atoms with E-state index in [2.05, 4.69) is 32.2 Å². The molecule has 3 N–H and O–H groups in total. The van der Waals surface area contributed by atoms with Crippen LogP contribution in [0.15, 0.2) is 102 Å². The van der Waals surface area contributed by atoms with Gasteiger partial charge in [-0.1, -0.05) is 83.5 Å². The molecule has 8 nitrogen and oxygen atoms in total. The molecule has 2 aromatic heterocycles. The number of nitrogens with two attached hydrogens (primary N) is 1. The van der Waals surface area contributed by atoms with E-state index in [1.54, 1.807) is 12.4 Å². The molecule has 46 heavy (non-hydrogen) atoms. The number of aromatic nitrogens is 3. The minimum Gasteiger partial charge on any atom is -0.481 e. The Bertz CT molecular complexity index is 1720. The number of rotatable bonds is 8. The standard InChI is InChI=1S/C33H29ClN4O3.C4H11N/c34-29-19-27(12-13-28(29)25-6-2-1-3-7-25)31-36-30(37-41-31)26-10-8-23(9-11-26)22-38-17-14-33(15-18-38,32(39)40)20-24-5-4-16-35-21-24;1-4(2,3)5/h1-13,16,19,21H,14-15,17-18,20,22H2,(H,39,40);5H2,1-3H3. The maximum atomic E-state index is 12.2. The van der Waals surface area contributed by atoms with Gasteiger partial charge in [-0.25, -0.2) is 0 Å². The van der Waals surface area contributed by atoms with E-state index in [-0.39, 0.29) is 5.54 Å². The van der Waals surface area contributed by atoms with Crippen molar-refractivity contribution < 1.29 is 14.4 Å². The van der Waals surface area contributed by atoms with Crippen molar-refractivity contribution in [2.45, 2.75) is 52.1 Å². The molecule has 1 saturated heterocycles. The van der Waals surface area contributed by atoms with Gasteiger partial charge in [0.05, 0.1) is 5.41 Å². The van der Waals surface area contributed by atoms with E-state index < -0.39 is 11.4 Å². The molecule has 1 fully saturated rings. The average molecular weight is 638 g/mol. The third kappa shape index (κ3) is 8.66. The fourth-order valence-electron chi connectivity index (χ4n) is 5.47. The van der Waals surface area contributed by atoms with E-state index in [0.29, 0.717) is 36.0 Å². The number of hydrogen-bond acceptors (Lipinski definition) is 7. The fraction of sp³-hybridized carbons (Fsp3) is 0.297. The average Bonchev–Trinajstić information content (AvgIpc) is 3.53. The summed E-state index contributed by atoms with van der Waals surface area (Å²) in [6.45, 7) is 8.11. The molecule has 0 unspecified atom stereocenters. The van der Waals surface area contributed by atoms with Gasteiger partial charge in [-0.05, 0) is 88.0 Å². The Morgan fingerprint density at radius 3 is 2.22 bits per heavy atom. The summed E-state index contributed by atoms with van der Waals surface area (Å²) in [5.41, 5.74) is 10.3. The van der Waals surface area contributed by atoms with Crippen molar-refractivity contribution in [2.24, 2.45) is 11.1 Å². The van der Waals surface area contributed by atoms with Gasteiger partial charge in [-0.3, -0.25) is 14.7 Å².